The summed E-state index contributed by atoms with van der Waals surface area (Å²) in [6.45, 7) is 6.67. The van der Waals surface area contributed by atoms with Crippen molar-refractivity contribution in [2.45, 2.75) is 82.8 Å². The lowest BCUT2D eigenvalue weighted by Crippen LogP contribution is -2.57. The van der Waals surface area contributed by atoms with E-state index in [2.05, 4.69) is 9.80 Å². The zero-order chi connectivity index (χ0) is 19.3. The van der Waals surface area contributed by atoms with Crippen molar-refractivity contribution >= 4 is 11.3 Å². The Morgan fingerprint density at radius 3 is 2.19 bits per heavy atom. The van der Waals surface area contributed by atoms with Gasteiger partial charge in [-0.25, -0.2) is 0 Å². The van der Waals surface area contributed by atoms with Crippen LogP contribution in [0.25, 0.3) is 0 Å². The highest BCUT2D eigenvalue weighted by atomic mass is 32.1. The maximum absolute atomic E-state index is 11.1. The molecule has 2 fully saturated rings. The average Bonchev–Trinajstić information content (AvgIpc) is 2.99. The van der Waals surface area contributed by atoms with Crippen molar-refractivity contribution in [2.75, 3.05) is 26.2 Å². The predicted octanol–water partition coefficient (Wildman–Crippen LogP) is 2.89. The average molecular weight is 397 g/mol. The molecule has 0 spiro atoms. The van der Waals surface area contributed by atoms with Gasteiger partial charge in [-0.2, -0.15) is 0 Å². The van der Waals surface area contributed by atoms with Gasteiger partial charge in [-0.15, -0.1) is 11.3 Å². The molecule has 6 heteroatoms. The number of nitrogens with zero attached hydrogens (tertiary/aromatic N) is 2. The van der Waals surface area contributed by atoms with Crippen LogP contribution in [0.4, 0.5) is 0 Å². The first-order valence-corrected chi connectivity index (χ1v) is 11.5. The maximum atomic E-state index is 11.1. The van der Waals surface area contributed by atoms with E-state index in [1.807, 2.05) is 19.1 Å². The molecule has 5 nitrogen and oxygen atoms in total. The number of hydrogen-bond acceptors (Lipinski definition) is 6. The van der Waals surface area contributed by atoms with E-state index in [-0.39, 0.29) is 0 Å². The van der Waals surface area contributed by atoms with Gasteiger partial charge in [0.05, 0.1) is 17.0 Å². The standard InChI is InChI=1S/C21H36N2O3S/c1-2-18(24)20(23-14-8-5-9-15-23)21(25,26)19-11-10-17(27-19)16-22-12-6-3-4-7-13-22/h10-11,18,20,24-26H,2-9,12-16H2,1H3. The number of aliphatic hydroxyl groups excluding tert-OH is 1. The molecule has 2 aliphatic rings. The molecule has 0 saturated carbocycles. The molecule has 2 atom stereocenters. The number of hydrogen-bond donors (Lipinski definition) is 3. The van der Waals surface area contributed by atoms with Crippen LogP contribution in [0.2, 0.25) is 0 Å². The summed E-state index contributed by atoms with van der Waals surface area (Å²) in [6.07, 6.45) is 8.16. The second-order valence-corrected chi connectivity index (χ2v) is 9.37. The minimum Gasteiger partial charge on any atom is -0.391 e. The quantitative estimate of drug-likeness (QED) is 0.619. The largest absolute Gasteiger partial charge is 0.391 e. The van der Waals surface area contributed by atoms with Crippen LogP contribution in [0.1, 0.15) is 68.0 Å². The van der Waals surface area contributed by atoms with E-state index in [1.165, 1.54) is 48.3 Å². The molecule has 154 valence electrons. The SMILES string of the molecule is CCC(O)C(N1CCCCC1)C(O)(O)c1ccc(CN2CCCCCC2)s1. The molecule has 2 unspecified atom stereocenters. The fraction of sp³-hybridized carbons (Fsp3) is 0.810. The highest BCUT2D eigenvalue weighted by molar-refractivity contribution is 7.12. The van der Waals surface area contributed by atoms with Crippen molar-refractivity contribution < 1.29 is 15.3 Å². The van der Waals surface area contributed by atoms with Gasteiger partial charge in [0.1, 0.15) is 0 Å². The van der Waals surface area contributed by atoms with Crippen LogP contribution in [0.5, 0.6) is 0 Å². The first-order chi connectivity index (χ1) is 13.0. The first kappa shape index (κ1) is 21.2. The zero-order valence-corrected chi connectivity index (χ0v) is 17.5. The molecule has 1 aromatic heterocycles. The fourth-order valence-corrected chi connectivity index (χ4v) is 5.58. The monoisotopic (exact) mass is 396 g/mol. The molecule has 2 aliphatic heterocycles. The van der Waals surface area contributed by atoms with Gasteiger partial charge in [0.15, 0.2) is 0 Å². The van der Waals surface area contributed by atoms with E-state index < -0.39 is 17.9 Å². The summed E-state index contributed by atoms with van der Waals surface area (Å²) in [5.74, 6) is -2.02. The van der Waals surface area contributed by atoms with E-state index in [0.717, 1.165) is 45.6 Å². The molecule has 0 aliphatic carbocycles. The Hall–Kier alpha value is -0.500. The molecular formula is C21H36N2O3S. The summed E-state index contributed by atoms with van der Waals surface area (Å²) >= 11 is 1.48. The van der Waals surface area contributed by atoms with Gasteiger partial charge in [0, 0.05) is 11.4 Å². The van der Waals surface area contributed by atoms with Gasteiger partial charge in [-0.3, -0.25) is 9.80 Å². The Morgan fingerprint density at radius 2 is 1.56 bits per heavy atom. The Balaban J connectivity index is 1.74. The first-order valence-electron chi connectivity index (χ1n) is 10.7. The molecular weight excluding hydrogens is 360 g/mol. The summed E-state index contributed by atoms with van der Waals surface area (Å²) in [5, 5.41) is 32.8. The normalized spacial score (nSPS) is 23.1. The van der Waals surface area contributed by atoms with Crippen LogP contribution >= 0.6 is 11.3 Å². The van der Waals surface area contributed by atoms with Gasteiger partial charge >= 0.3 is 0 Å². The Kier molecular flexibility index (Phi) is 7.71. The smallest absolute Gasteiger partial charge is 0.218 e. The fourth-order valence-electron chi connectivity index (χ4n) is 4.51. The third kappa shape index (κ3) is 5.31. The number of piperidine rings is 1. The molecule has 0 aromatic carbocycles. The van der Waals surface area contributed by atoms with E-state index >= 15 is 0 Å². The van der Waals surface area contributed by atoms with Crippen LogP contribution in [-0.4, -0.2) is 63.4 Å². The molecule has 1 aromatic rings. The molecule has 0 radical (unpaired) electrons. The van der Waals surface area contributed by atoms with Crippen LogP contribution in [-0.2, 0) is 12.3 Å². The second kappa shape index (κ2) is 9.81. The van der Waals surface area contributed by atoms with Crippen molar-refractivity contribution in [3.05, 3.63) is 21.9 Å². The van der Waals surface area contributed by atoms with Gasteiger partial charge in [-0.05, 0) is 70.4 Å². The summed E-state index contributed by atoms with van der Waals surface area (Å²) in [4.78, 5) is 6.27. The van der Waals surface area contributed by atoms with Crippen LogP contribution in [0.3, 0.4) is 0 Å². The van der Waals surface area contributed by atoms with E-state index in [0.29, 0.717) is 11.3 Å². The summed E-state index contributed by atoms with van der Waals surface area (Å²) < 4.78 is 0. The molecule has 27 heavy (non-hydrogen) atoms. The number of aliphatic hydroxyl groups is 3. The lowest BCUT2D eigenvalue weighted by atomic mass is 9.94. The van der Waals surface area contributed by atoms with Crippen molar-refractivity contribution in [3.8, 4) is 0 Å². The molecule has 0 amide bonds. The molecule has 0 bridgehead atoms. The third-order valence-electron chi connectivity index (χ3n) is 6.08. The summed E-state index contributed by atoms with van der Waals surface area (Å²) in [5.41, 5.74) is 0. The lowest BCUT2D eigenvalue weighted by Gasteiger charge is -2.43. The van der Waals surface area contributed by atoms with Crippen LogP contribution < -0.4 is 0 Å². The Labute approximate surface area is 167 Å². The summed E-state index contributed by atoms with van der Waals surface area (Å²) in [6, 6.07) is 3.20. The third-order valence-corrected chi connectivity index (χ3v) is 7.27. The summed E-state index contributed by atoms with van der Waals surface area (Å²) in [7, 11) is 0. The lowest BCUT2D eigenvalue weighted by molar-refractivity contribution is -0.236. The van der Waals surface area contributed by atoms with Gasteiger partial charge in [-0.1, -0.05) is 26.2 Å². The predicted molar refractivity (Wildman–Crippen MR) is 110 cm³/mol. The molecule has 3 N–H and O–H groups in total. The van der Waals surface area contributed by atoms with Gasteiger partial charge in [0.2, 0.25) is 5.79 Å². The van der Waals surface area contributed by atoms with Crippen LogP contribution in [0.15, 0.2) is 12.1 Å². The topological polar surface area (TPSA) is 67.2 Å². The highest BCUT2D eigenvalue weighted by Gasteiger charge is 2.45. The Bertz CT molecular complexity index is 564. The van der Waals surface area contributed by atoms with Crippen molar-refractivity contribution in [2.24, 2.45) is 0 Å². The van der Waals surface area contributed by atoms with E-state index in [4.69, 9.17) is 0 Å². The van der Waals surface area contributed by atoms with E-state index in [9.17, 15) is 15.3 Å². The van der Waals surface area contributed by atoms with E-state index in [1.54, 1.807) is 0 Å². The number of rotatable bonds is 7. The van der Waals surface area contributed by atoms with Crippen LogP contribution in [0, 0.1) is 0 Å². The minimum absolute atomic E-state index is 0.510. The molecule has 2 saturated heterocycles. The number of thiophene rings is 1. The maximum Gasteiger partial charge on any atom is 0.218 e. The van der Waals surface area contributed by atoms with Gasteiger partial charge in [0.25, 0.3) is 0 Å². The molecule has 3 rings (SSSR count). The van der Waals surface area contributed by atoms with Crippen molar-refractivity contribution in [3.63, 3.8) is 0 Å². The number of likely N-dealkylation sites (tertiary alicyclic amines) is 2. The van der Waals surface area contributed by atoms with Gasteiger partial charge < -0.3 is 15.3 Å². The minimum atomic E-state index is -2.02. The highest BCUT2D eigenvalue weighted by Crippen LogP contribution is 2.35. The van der Waals surface area contributed by atoms with Crippen molar-refractivity contribution in [1.82, 2.24) is 9.80 Å². The molecule has 3 heterocycles. The van der Waals surface area contributed by atoms with Crippen molar-refractivity contribution in [1.29, 1.82) is 0 Å². The second-order valence-electron chi connectivity index (χ2n) is 8.20. The zero-order valence-electron chi connectivity index (χ0n) is 16.6. The Morgan fingerprint density at radius 1 is 0.963 bits per heavy atom.